The van der Waals surface area contributed by atoms with Crippen LogP contribution >= 0.6 is 0 Å². The molecule has 4 nitrogen and oxygen atoms in total. The highest BCUT2D eigenvalue weighted by Crippen LogP contribution is 2.41. The van der Waals surface area contributed by atoms with Crippen LogP contribution in [-0.2, 0) is 5.54 Å². The summed E-state index contributed by atoms with van der Waals surface area (Å²) in [5, 5.41) is 7.91. The highest BCUT2D eigenvalue weighted by molar-refractivity contribution is 5.92. The zero-order valence-corrected chi connectivity index (χ0v) is 15.2. The van der Waals surface area contributed by atoms with Gasteiger partial charge in [-0.1, -0.05) is 26.7 Å². The number of rotatable bonds is 3. The highest BCUT2D eigenvalue weighted by Gasteiger charge is 2.34. The van der Waals surface area contributed by atoms with Crippen LogP contribution in [0.25, 0.3) is 0 Å². The van der Waals surface area contributed by atoms with E-state index in [0.29, 0.717) is 23.4 Å². The van der Waals surface area contributed by atoms with Gasteiger partial charge in [-0.3, -0.25) is 9.48 Å². The molecule has 2 fully saturated rings. The van der Waals surface area contributed by atoms with Crippen LogP contribution in [0.5, 0.6) is 0 Å². The van der Waals surface area contributed by atoms with Crippen LogP contribution in [0.4, 0.5) is 0 Å². The molecule has 1 N–H and O–H groups in total. The molecule has 2 aliphatic carbocycles. The minimum atomic E-state index is -0.0803. The van der Waals surface area contributed by atoms with Crippen LogP contribution in [0.2, 0.25) is 0 Å². The van der Waals surface area contributed by atoms with Gasteiger partial charge in [-0.05, 0) is 57.9 Å². The Balaban J connectivity index is 1.77. The molecule has 0 aliphatic heterocycles. The number of carbonyl (C=O) groups is 1. The van der Waals surface area contributed by atoms with Crippen molar-refractivity contribution < 1.29 is 4.79 Å². The van der Waals surface area contributed by atoms with Crippen molar-refractivity contribution in [1.82, 2.24) is 15.1 Å². The monoisotopic (exact) mass is 317 g/mol. The predicted octanol–water partition coefficient (Wildman–Crippen LogP) is 4.07. The SMILES string of the molecule is C[C@H]1[C@H](C)CCC[C@@H]1NC(=O)c1cc(C2CC2)n(C(C)(C)C)n1. The van der Waals surface area contributed by atoms with Gasteiger partial charge >= 0.3 is 0 Å². The molecule has 0 aromatic carbocycles. The van der Waals surface area contributed by atoms with Crippen molar-refractivity contribution in [2.75, 3.05) is 0 Å². The van der Waals surface area contributed by atoms with Crippen molar-refractivity contribution in [2.24, 2.45) is 11.8 Å². The maximum Gasteiger partial charge on any atom is 0.272 e. The maximum atomic E-state index is 12.7. The van der Waals surface area contributed by atoms with Crippen LogP contribution in [-0.4, -0.2) is 21.7 Å². The first-order valence-corrected chi connectivity index (χ1v) is 9.18. The molecule has 2 saturated carbocycles. The number of aromatic nitrogens is 2. The summed E-state index contributed by atoms with van der Waals surface area (Å²) >= 11 is 0. The topological polar surface area (TPSA) is 46.9 Å². The van der Waals surface area contributed by atoms with E-state index in [1.807, 2.05) is 6.07 Å². The Morgan fingerprint density at radius 1 is 1.22 bits per heavy atom. The number of hydrogen-bond acceptors (Lipinski definition) is 2. The number of amides is 1. The summed E-state index contributed by atoms with van der Waals surface area (Å²) in [5.41, 5.74) is 1.74. The summed E-state index contributed by atoms with van der Waals surface area (Å²) in [7, 11) is 0. The second-order valence-corrected chi connectivity index (χ2v) is 8.66. The number of nitrogens with zero attached hydrogens (tertiary/aromatic N) is 2. The van der Waals surface area contributed by atoms with E-state index in [9.17, 15) is 4.79 Å². The smallest absolute Gasteiger partial charge is 0.272 e. The molecule has 0 saturated heterocycles. The summed E-state index contributed by atoms with van der Waals surface area (Å²) in [4.78, 5) is 12.7. The standard InChI is InChI=1S/C19H31N3O/c1-12-7-6-8-15(13(12)2)20-18(23)16-11-17(14-9-10-14)22(21-16)19(3,4)5/h11-15H,6-10H2,1-5H3,(H,20,23)/t12-,13+,15+/m1/s1. The summed E-state index contributed by atoms with van der Waals surface area (Å²) in [6.07, 6.45) is 6.02. The molecule has 0 spiro atoms. The lowest BCUT2D eigenvalue weighted by Gasteiger charge is -2.34. The fraction of sp³-hybridized carbons (Fsp3) is 0.789. The summed E-state index contributed by atoms with van der Waals surface area (Å²) in [5.74, 6) is 1.82. The molecule has 1 aromatic heterocycles. The molecule has 2 aliphatic rings. The van der Waals surface area contributed by atoms with Gasteiger partial charge in [-0.15, -0.1) is 0 Å². The molecule has 23 heavy (non-hydrogen) atoms. The molecule has 0 bridgehead atoms. The van der Waals surface area contributed by atoms with E-state index >= 15 is 0 Å². The first kappa shape index (κ1) is 16.5. The number of nitrogens with one attached hydrogen (secondary N) is 1. The van der Waals surface area contributed by atoms with E-state index in [1.165, 1.54) is 31.4 Å². The Kier molecular flexibility index (Phi) is 4.28. The normalized spacial score (nSPS) is 28.7. The Hall–Kier alpha value is -1.32. The molecule has 0 radical (unpaired) electrons. The molecule has 128 valence electrons. The Bertz CT molecular complexity index is 580. The van der Waals surface area contributed by atoms with E-state index in [4.69, 9.17) is 0 Å². The lowest BCUT2D eigenvalue weighted by Crippen LogP contribution is -2.43. The third-order valence-electron chi connectivity index (χ3n) is 5.62. The van der Waals surface area contributed by atoms with Gasteiger partial charge in [0.05, 0.1) is 5.54 Å². The third kappa shape index (κ3) is 3.46. The van der Waals surface area contributed by atoms with Gasteiger partial charge in [0.15, 0.2) is 0 Å². The van der Waals surface area contributed by atoms with Crippen molar-refractivity contribution in [3.63, 3.8) is 0 Å². The molecule has 1 heterocycles. The maximum absolute atomic E-state index is 12.7. The van der Waals surface area contributed by atoms with E-state index in [1.54, 1.807) is 0 Å². The van der Waals surface area contributed by atoms with Gasteiger partial charge in [0.1, 0.15) is 5.69 Å². The predicted molar refractivity (Wildman–Crippen MR) is 92.6 cm³/mol. The number of hydrogen-bond donors (Lipinski definition) is 1. The first-order chi connectivity index (χ1) is 10.8. The quantitative estimate of drug-likeness (QED) is 0.913. The molecular weight excluding hydrogens is 286 g/mol. The van der Waals surface area contributed by atoms with E-state index in [0.717, 1.165) is 6.42 Å². The highest BCUT2D eigenvalue weighted by atomic mass is 16.2. The zero-order chi connectivity index (χ0) is 16.8. The van der Waals surface area contributed by atoms with Crippen LogP contribution < -0.4 is 5.32 Å². The van der Waals surface area contributed by atoms with Crippen molar-refractivity contribution >= 4 is 5.91 Å². The fourth-order valence-corrected chi connectivity index (χ4v) is 3.74. The van der Waals surface area contributed by atoms with Crippen molar-refractivity contribution in [3.05, 3.63) is 17.5 Å². The molecule has 3 rings (SSSR count). The molecule has 3 atom stereocenters. The molecule has 0 unspecified atom stereocenters. The van der Waals surface area contributed by atoms with Crippen molar-refractivity contribution in [3.8, 4) is 0 Å². The van der Waals surface area contributed by atoms with Crippen LogP contribution in [0.3, 0.4) is 0 Å². The lowest BCUT2D eigenvalue weighted by molar-refractivity contribution is 0.0884. The summed E-state index contributed by atoms with van der Waals surface area (Å²) in [6, 6.07) is 2.31. The number of carbonyl (C=O) groups excluding carboxylic acids is 1. The van der Waals surface area contributed by atoms with Gasteiger partial charge < -0.3 is 5.32 Å². The Morgan fingerprint density at radius 2 is 1.91 bits per heavy atom. The zero-order valence-electron chi connectivity index (χ0n) is 15.2. The summed E-state index contributed by atoms with van der Waals surface area (Å²) in [6.45, 7) is 11.0. The Morgan fingerprint density at radius 3 is 2.52 bits per heavy atom. The molecule has 4 heteroatoms. The average molecular weight is 317 g/mol. The third-order valence-corrected chi connectivity index (χ3v) is 5.62. The van der Waals surface area contributed by atoms with E-state index in [2.05, 4.69) is 49.7 Å². The molecule has 1 aromatic rings. The van der Waals surface area contributed by atoms with Gasteiger partial charge in [-0.2, -0.15) is 5.10 Å². The van der Waals surface area contributed by atoms with Crippen LogP contribution in [0.1, 0.15) is 88.8 Å². The molecular formula is C19H31N3O. The fourth-order valence-electron chi connectivity index (χ4n) is 3.74. The van der Waals surface area contributed by atoms with Crippen molar-refractivity contribution in [2.45, 2.75) is 84.2 Å². The van der Waals surface area contributed by atoms with Gasteiger partial charge in [0.25, 0.3) is 5.91 Å². The first-order valence-electron chi connectivity index (χ1n) is 9.18. The minimum Gasteiger partial charge on any atom is -0.348 e. The molecule has 1 amide bonds. The Labute approximate surface area is 140 Å². The van der Waals surface area contributed by atoms with Gasteiger partial charge in [0, 0.05) is 17.7 Å². The van der Waals surface area contributed by atoms with E-state index in [-0.39, 0.29) is 17.5 Å². The largest absolute Gasteiger partial charge is 0.348 e. The van der Waals surface area contributed by atoms with Crippen molar-refractivity contribution in [1.29, 1.82) is 0 Å². The van der Waals surface area contributed by atoms with E-state index < -0.39 is 0 Å². The van der Waals surface area contributed by atoms with Crippen LogP contribution in [0.15, 0.2) is 6.07 Å². The van der Waals surface area contributed by atoms with Crippen LogP contribution in [0, 0.1) is 11.8 Å². The second kappa shape index (κ2) is 5.95. The van der Waals surface area contributed by atoms with Gasteiger partial charge in [0.2, 0.25) is 0 Å². The average Bonchev–Trinajstić information content (AvgIpc) is 3.20. The second-order valence-electron chi connectivity index (χ2n) is 8.66. The van der Waals surface area contributed by atoms with Gasteiger partial charge in [-0.25, -0.2) is 0 Å². The summed E-state index contributed by atoms with van der Waals surface area (Å²) < 4.78 is 2.06. The lowest BCUT2D eigenvalue weighted by atomic mass is 9.78. The minimum absolute atomic E-state index is 0.000787.